The van der Waals surface area contributed by atoms with E-state index in [2.05, 4.69) is 88.7 Å². The number of carbonyl (C=O) groups is 13. The average molecular weight is 1460 g/mol. The first-order valence-corrected chi connectivity index (χ1v) is 35.4. The highest BCUT2D eigenvalue weighted by molar-refractivity contribution is 6.00. The minimum Gasteiger partial charge on any atom is -0.481 e. The predicted octanol–water partition coefficient (Wildman–Crippen LogP) is -0.338. The summed E-state index contributed by atoms with van der Waals surface area (Å²) in [7, 11) is 0. The van der Waals surface area contributed by atoms with Crippen LogP contribution < -0.4 is 64.2 Å². The van der Waals surface area contributed by atoms with Crippen molar-refractivity contribution < 1.29 is 72.5 Å². The normalized spacial score (nSPS) is 22.8. The molecule has 4 aromatic heterocycles. The molecule has 34 heteroatoms. The van der Waals surface area contributed by atoms with Gasteiger partial charge in [-0.1, -0.05) is 83.2 Å². The number of aliphatic hydroxyl groups excluding tert-OH is 1. The summed E-state index contributed by atoms with van der Waals surface area (Å²) in [5, 5.41) is 59.3. The lowest BCUT2D eigenvalue weighted by Crippen LogP contribution is -2.61. The SMILES string of the molecule is CC(C)C[C@@H]1NC(=O)[C@H](Cc2cnc[nH]2)NC(=O)[C@H](Cc2c[nH]c3ccccc23)NC(=O)[C@H](C)NC(=O)CCCc2cn(nn2)CCCC[C@@H](C(=O)NC(C(N)=O)[C@@H](C)O)NC(=O)[C@H](Cc2c[nH]c3ccccc23)NC(=O)C(C(C)C)NC(=O)[C@H](CC(C)C)NC(=O)[C@H](CCC(=O)O)NC(=O)CNC1=O. The van der Waals surface area contributed by atoms with Crippen molar-refractivity contribution in [2.45, 2.75) is 212 Å². The molecule has 568 valence electrons. The number of carboxylic acid groups (broad SMARTS) is 1. The Hall–Kier alpha value is -11.1. The topological polar surface area (TPSA) is 512 Å². The maximum absolute atomic E-state index is 14.9. The van der Waals surface area contributed by atoms with Crippen LogP contribution in [0, 0.1) is 17.8 Å². The van der Waals surface area contributed by atoms with Crippen LogP contribution in [-0.4, -0.2) is 195 Å². The first-order valence-electron chi connectivity index (χ1n) is 35.4. The number of aromatic nitrogens is 7. The Morgan fingerprint density at radius 3 is 1.70 bits per heavy atom. The number of carboxylic acids is 1. The third-order valence-corrected chi connectivity index (χ3v) is 17.8. The summed E-state index contributed by atoms with van der Waals surface area (Å²) in [6.45, 7) is 12.4. The fourth-order valence-electron chi connectivity index (χ4n) is 12.1. The molecule has 0 spiro atoms. The van der Waals surface area contributed by atoms with Crippen LogP contribution in [0.1, 0.15) is 136 Å². The lowest BCUT2D eigenvalue weighted by Gasteiger charge is -2.29. The number of aliphatic carboxylic acids is 1. The number of hydrogen-bond donors (Lipinski definition) is 17. The van der Waals surface area contributed by atoms with Gasteiger partial charge >= 0.3 is 5.97 Å². The highest BCUT2D eigenvalue weighted by Gasteiger charge is 2.38. The fourth-order valence-corrected chi connectivity index (χ4v) is 12.1. The molecule has 2 aromatic carbocycles. The third-order valence-electron chi connectivity index (χ3n) is 17.8. The molecule has 2 bridgehead atoms. The standard InChI is InChI=1S/C71H99N19O15/c1-37(2)26-52-64(98)76-34-58(93)79-51(23-24-59(94)95)65(99)83-53(27-38(3)4)70(104)86-60(39(5)6)71(105)85-55(29-43-32-75-49-20-12-10-18-47(43)49)67(101)80-50(66(100)87-61(41(8)91)62(72)96)21-13-14-25-90-35-44(88-89-90)16-15-22-57(92)78-40(7)63(97)81-54(28-42-31-74-48-19-11-9-17-46(42)48)68(102)84-56(69(103)82-52)30-45-33-73-36-77-45/h9-12,17-20,31-33,35-41,50-56,60-61,74-75,91H,13-16,21-30,34H2,1-8H3,(H2,72,96)(H,73,77)(H,76,98)(H,78,92)(H,79,93)(H,80,101)(H,81,97)(H,82,103)(H,83,99)(H,84,102)(H,85,105)(H,86,104)(H,87,100)(H,94,95)/t40-,41+,50-,51-,52-,53-,54-,55-,56-,60?,61?/m0/s1. The summed E-state index contributed by atoms with van der Waals surface area (Å²) in [5.74, 6) is -12.9. The van der Waals surface area contributed by atoms with Crippen molar-refractivity contribution in [1.82, 2.24) is 93.4 Å². The van der Waals surface area contributed by atoms with Crippen LogP contribution in [0.25, 0.3) is 21.8 Å². The Morgan fingerprint density at radius 2 is 1.14 bits per heavy atom. The first kappa shape index (κ1) is 81.2. The van der Waals surface area contributed by atoms with Gasteiger partial charge in [0.2, 0.25) is 70.9 Å². The van der Waals surface area contributed by atoms with Crippen molar-refractivity contribution in [2.75, 3.05) is 6.54 Å². The van der Waals surface area contributed by atoms with Gasteiger partial charge in [0.05, 0.1) is 24.7 Å². The zero-order chi connectivity index (χ0) is 76.6. The van der Waals surface area contributed by atoms with Crippen LogP contribution >= 0.6 is 0 Å². The summed E-state index contributed by atoms with van der Waals surface area (Å²) >= 11 is 0. The van der Waals surface area contributed by atoms with Crippen molar-refractivity contribution in [2.24, 2.45) is 23.5 Å². The Kier molecular flexibility index (Phi) is 30.2. The second kappa shape index (κ2) is 39.0. The Morgan fingerprint density at radius 1 is 0.600 bits per heavy atom. The lowest BCUT2D eigenvalue weighted by atomic mass is 9.98. The molecule has 0 saturated heterocycles. The number of aryl methyl sites for hydroxylation is 2. The van der Waals surface area contributed by atoms with E-state index in [1.807, 2.05) is 18.2 Å². The number of amides is 12. The molecule has 0 radical (unpaired) electrons. The number of primary amides is 1. The quantitative estimate of drug-likeness (QED) is 0.0523. The number of nitrogens with zero attached hydrogens (tertiary/aromatic N) is 4. The van der Waals surface area contributed by atoms with E-state index in [1.165, 1.54) is 26.4 Å². The zero-order valence-corrected chi connectivity index (χ0v) is 60.3. The van der Waals surface area contributed by atoms with Crippen molar-refractivity contribution in [3.63, 3.8) is 0 Å². The molecule has 12 amide bonds. The van der Waals surface area contributed by atoms with E-state index in [4.69, 9.17) is 5.73 Å². The van der Waals surface area contributed by atoms with Gasteiger partial charge in [0.25, 0.3) is 0 Å². The summed E-state index contributed by atoms with van der Waals surface area (Å²) in [6.07, 6.45) is 5.78. The average Bonchev–Trinajstić information content (AvgIpc) is 1.73. The highest BCUT2D eigenvalue weighted by atomic mass is 16.4. The maximum atomic E-state index is 14.9. The molecular formula is C71H99N19O15. The number of aliphatic hydroxyl groups is 1. The van der Waals surface area contributed by atoms with Gasteiger partial charge in [0.1, 0.15) is 60.4 Å². The highest BCUT2D eigenvalue weighted by Crippen LogP contribution is 2.22. The Labute approximate surface area is 606 Å². The molecule has 0 saturated carbocycles. The third kappa shape index (κ3) is 24.8. The zero-order valence-electron chi connectivity index (χ0n) is 60.3. The van der Waals surface area contributed by atoms with Gasteiger partial charge < -0.3 is 89.4 Å². The maximum Gasteiger partial charge on any atom is 0.303 e. The number of hydrogen-bond acceptors (Lipinski definition) is 17. The minimum atomic E-state index is -1.62. The molecular weight excluding hydrogens is 1360 g/mol. The monoisotopic (exact) mass is 1460 g/mol. The van der Waals surface area contributed by atoms with Crippen molar-refractivity contribution in [3.05, 3.63) is 102 Å². The molecule has 0 aliphatic carbocycles. The molecule has 1 aliphatic heterocycles. The van der Waals surface area contributed by atoms with E-state index in [9.17, 15) is 72.5 Å². The number of carbonyl (C=O) groups excluding carboxylic acids is 12. The number of aromatic amines is 3. The number of para-hydroxylation sites is 2. The summed E-state index contributed by atoms with van der Waals surface area (Å²) < 4.78 is 1.55. The molecule has 105 heavy (non-hydrogen) atoms. The number of nitrogens with two attached hydrogens (primary N) is 1. The van der Waals surface area contributed by atoms with Crippen molar-refractivity contribution >= 4 is 98.7 Å². The summed E-state index contributed by atoms with van der Waals surface area (Å²) in [4.78, 5) is 196. The molecule has 0 fully saturated rings. The number of H-pyrrole nitrogens is 3. The van der Waals surface area contributed by atoms with Gasteiger partial charge in [-0.25, -0.2) is 4.98 Å². The van der Waals surface area contributed by atoms with Crippen LogP contribution in [0.2, 0.25) is 0 Å². The molecule has 5 heterocycles. The van der Waals surface area contributed by atoms with Crippen molar-refractivity contribution in [3.8, 4) is 0 Å². The summed E-state index contributed by atoms with van der Waals surface area (Å²) in [5.41, 5.74) is 9.15. The molecule has 11 atom stereocenters. The van der Waals surface area contributed by atoms with Gasteiger partial charge in [0, 0.05) is 90.9 Å². The van der Waals surface area contributed by atoms with Crippen LogP contribution in [0.4, 0.5) is 0 Å². The number of fused-ring (bicyclic) bond motifs is 4. The van der Waals surface area contributed by atoms with E-state index in [1.54, 1.807) is 95.1 Å². The first-order chi connectivity index (χ1) is 49.9. The van der Waals surface area contributed by atoms with E-state index in [0.29, 0.717) is 46.3 Å². The van der Waals surface area contributed by atoms with Gasteiger partial charge in [-0.15, -0.1) is 5.10 Å². The van der Waals surface area contributed by atoms with E-state index in [0.717, 1.165) is 10.9 Å². The molecule has 34 nitrogen and oxygen atoms in total. The molecule has 6 aromatic rings. The molecule has 2 unspecified atom stereocenters. The summed E-state index contributed by atoms with van der Waals surface area (Å²) in [6, 6.07) is 0.253. The van der Waals surface area contributed by atoms with Gasteiger partial charge in [-0.3, -0.25) is 67.0 Å². The fraction of sp³-hybridized carbons (Fsp3) is 0.521. The lowest BCUT2D eigenvalue weighted by molar-refractivity contribution is -0.138. The predicted molar refractivity (Wildman–Crippen MR) is 383 cm³/mol. The van der Waals surface area contributed by atoms with Crippen LogP contribution in [0.15, 0.2) is 79.6 Å². The number of imidazole rings is 1. The van der Waals surface area contributed by atoms with Crippen LogP contribution in [0.5, 0.6) is 0 Å². The smallest absolute Gasteiger partial charge is 0.303 e. The molecule has 7 rings (SSSR count). The van der Waals surface area contributed by atoms with Crippen LogP contribution in [0.3, 0.4) is 0 Å². The second-order valence-corrected chi connectivity index (χ2v) is 27.8. The van der Waals surface area contributed by atoms with E-state index >= 15 is 0 Å². The number of nitrogens with one attached hydrogen (secondary N) is 14. The number of rotatable bonds is 18. The Balaban J connectivity index is 1.19. The van der Waals surface area contributed by atoms with Crippen molar-refractivity contribution in [1.29, 1.82) is 0 Å². The second-order valence-electron chi connectivity index (χ2n) is 27.8. The largest absolute Gasteiger partial charge is 0.481 e. The molecule has 1 aliphatic rings. The molecule has 18 N–H and O–H groups in total. The van der Waals surface area contributed by atoms with Gasteiger partial charge in [0.15, 0.2) is 0 Å². The van der Waals surface area contributed by atoms with Gasteiger partial charge in [-0.2, -0.15) is 0 Å². The number of benzene rings is 2. The van der Waals surface area contributed by atoms with Crippen LogP contribution in [-0.2, 0) is 94.6 Å². The van der Waals surface area contributed by atoms with E-state index in [-0.39, 0.29) is 76.2 Å². The minimum absolute atomic E-state index is 0.00539. The van der Waals surface area contributed by atoms with E-state index < -0.39 is 169 Å². The Bertz CT molecular complexity index is 4010. The van der Waals surface area contributed by atoms with Gasteiger partial charge in [-0.05, 0) is 106 Å².